The Morgan fingerprint density at radius 3 is 2.95 bits per heavy atom. The van der Waals surface area contributed by atoms with E-state index in [1.165, 1.54) is 6.26 Å². The first-order chi connectivity index (χ1) is 9.20. The number of halogens is 1. The quantitative estimate of drug-likeness (QED) is 0.500. The third-order valence-corrected chi connectivity index (χ3v) is 2.75. The molecule has 2 aromatic rings. The third kappa shape index (κ3) is 3.57. The normalized spacial score (nSPS) is 10.4. The minimum Gasteiger partial charge on any atom is -0.466 e. The van der Waals surface area contributed by atoms with Gasteiger partial charge in [0.05, 0.1) is 18.4 Å². The van der Waals surface area contributed by atoms with E-state index in [1.807, 2.05) is 18.2 Å². The topological polar surface area (TPSA) is 77.5 Å². The summed E-state index contributed by atoms with van der Waals surface area (Å²) in [5.41, 5.74) is 3.37. The molecule has 1 aromatic heterocycles. The largest absolute Gasteiger partial charge is 0.466 e. The van der Waals surface area contributed by atoms with Gasteiger partial charge in [0, 0.05) is 5.02 Å². The molecule has 19 heavy (non-hydrogen) atoms. The molecule has 0 saturated carbocycles. The first kappa shape index (κ1) is 13.6. The lowest BCUT2D eigenvalue weighted by Crippen LogP contribution is -2.30. The molecule has 0 spiro atoms. The molecule has 0 saturated heterocycles. The zero-order chi connectivity index (χ0) is 13.7. The second-order valence-corrected chi connectivity index (χ2v) is 4.29. The number of rotatable bonds is 5. The van der Waals surface area contributed by atoms with Crippen molar-refractivity contribution in [3.05, 3.63) is 58.5 Å². The van der Waals surface area contributed by atoms with E-state index in [1.54, 1.807) is 12.1 Å². The highest BCUT2D eigenvalue weighted by atomic mass is 35.5. The number of hydrogen-bond donors (Lipinski definition) is 2. The molecular weight excluding hydrogens is 268 g/mol. The van der Waals surface area contributed by atoms with Crippen LogP contribution in [0.25, 0.3) is 0 Å². The maximum atomic E-state index is 11.4. The maximum absolute atomic E-state index is 11.4. The highest BCUT2D eigenvalue weighted by Crippen LogP contribution is 2.15. The molecule has 2 rings (SSSR count). The number of nitrogen functional groups attached to an aromatic ring is 1. The lowest BCUT2D eigenvalue weighted by Gasteiger charge is -2.04. The number of benzene rings is 1. The SMILES string of the molecule is NNC(=O)c1ccoc1COCc1cccc(Cl)c1. The molecule has 1 aromatic carbocycles. The highest BCUT2D eigenvalue weighted by molar-refractivity contribution is 6.30. The molecule has 100 valence electrons. The maximum Gasteiger partial charge on any atom is 0.268 e. The number of hydrogen-bond acceptors (Lipinski definition) is 4. The summed E-state index contributed by atoms with van der Waals surface area (Å²) in [5.74, 6) is 5.10. The van der Waals surface area contributed by atoms with E-state index in [0.717, 1.165) is 5.56 Å². The van der Waals surface area contributed by atoms with Crippen LogP contribution in [0.4, 0.5) is 0 Å². The van der Waals surface area contributed by atoms with E-state index in [4.69, 9.17) is 26.6 Å². The molecule has 0 bridgehead atoms. The van der Waals surface area contributed by atoms with E-state index < -0.39 is 5.91 Å². The summed E-state index contributed by atoms with van der Waals surface area (Å²) in [6, 6.07) is 8.90. The summed E-state index contributed by atoms with van der Waals surface area (Å²) >= 11 is 5.87. The number of hydrazine groups is 1. The Kier molecular flexibility index (Phi) is 4.57. The van der Waals surface area contributed by atoms with E-state index in [-0.39, 0.29) is 6.61 Å². The standard InChI is InChI=1S/C13H13ClN2O3/c14-10-3-1-2-9(6-10)7-18-8-12-11(4-5-19-12)13(17)16-15/h1-6H,7-8,15H2,(H,16,17). The zero-order valence-electron chi connectivity index (χ0n) is 10.1. The van der Waals surface area contributed by atoms with Gasteiger partial charge in [0.15, 0.2) is 0 Å². The van der Waals surface area contributed by atoms with Crippen molar-refractivity contribution in [1.29, 1.82) is 0 Å². The number of furan rings is 1. The number of nitrogens with two attached hydrogens (primary N) is 1. The second kappa shape index (κ2) is 6.38. The molecule has 0 fully saturated rings. The molecule has 1 heterocycles. The van der Waals surface area contributed by atoms with Crippen molar-refractivity contribution >= 4 is 17.5 Å². The van der Waals surface area contributed by atoms with Gasteiger partial charge in [-0.05, 0) is 23.8 Å². The van der Waals surface area contributed by atoms with Crippen molar-refractivity contribution in [2.75, 3.05) is 0 Å². The Labute approximate surface area is 115 Å². The fourth-order valence-corrected chi connectivity index (χ4v) is 1.83. The van der Waals surface area contributed by atoms with E-state index in [9.17, 15) is 4.79 Å². The molecule has 6 heteroatoms. The van der Waals surface area contributed by atoms with Crippen LogP contribution in [0.2, 0.25) is 5.02 Å². The Hall–Kier alpha value is -1.82. The molecule has 3 N–H and O–H groups in total. The van der Waals surface area contributed by atoms with E-state index in [2.05, 4.69) is 5.43 Å². The minimum atomic E-state index is -0.407. The summed E-state index contributed by atoms with van der Waals surface area (Å²) in [4.78, 5) is 11.4. The Morgan fingerprint density at radius 1 is 1.37 bits per heavy atom. The summed E-state index contributed by atoms with van der Waals surface area (Å²) in [5, 5.41) is 0.655. The average molecular weight is 281 g/mol. The van der Waals surface area contributed by atoms with Crippen LogP contribution >= 0.6 is 11.6 Å². The van der Waals surface area contributed by atoms with Gasteiger partial charge in [-0.2, -0.15) is 0 Å². The molecular formula is C13H13ClN2O3. The molecule has 0 unspecified atom stereocenters. The summed E-state index contributed by atoms with van der Waals surface area (Å²) in [6.45, 7) is 0.563. The monoisotopic (exact) mass is 280 g/mol. The van der Waals surface area contributed by atoms with Crippen molar-refractivity contribution in [3.63, 3.8) is 0 Å². The first-order valence-corrected chi connectivity index (χ1v) is 5.98. The van der Waals surface area contributed by atoms with Crippen molar-refractivity contribution in [2.45, 2.75) is 13.2 Å². The average Bonchev–Trinajstić information content (AvgIpc) is 2.86. The number of nitrogens with one attached hydrogen (secondary N) is 1. The predicted octanol–water partition coefficient (Wildman–Crippen LogP) is 2.25. The Bertz CT molecular complexity index is 569. The van der Waals surface area contributed by atoms with Crippen LogP contribution in [0.3, 0.4) is 0 Å². The van der Waals surface area contributed by atoms with Crippen molar-refractivity contribution in [2.24, 2.45) is 5.84 Å². The van der Waals surface area contributed by atoms with E-state index >= 15 is 0 Å². The third-order valence-electron chi connectivity index (χ3n) is 2.51. The van der Waals surface area contributed by atoms with Gasteiger partial charge in [0.2, 0.25) is 0 Å². The Balaban J connectivity index is 1.93. The number of ether oxygens (including phenoxy) is 1. The number of amides is 1. The van der Waals surface area contributed by atoms with Crippen molar-refractivity contribution in [1.82, 2.24) is 5.43 Å². The van der Waals surface area contributed by atoms with Gasteiger partial charge in [-0.1, -0.05) is 23.7 Å². The van der Waals surface area contributed by atoms with Gasteiger partial charge in [0.25, 0.3) is 5.91 Å². The van der Waals surface area contributed by atoms with Crippen LogP contribution in [0, 0.1) is 0 Å². The summed E-state index contributed by atoms with van der Waals surface area (Å²) < 4.78 is 10.7. The Morgan fingerprint density at radius 2 is 2.21 bits per heavy atom. The van der Waals surface area contributed by atoms with Crippen molar-refractivity contribution < 1.29 is 13.9 Å². The number of carbonyl (C=O) groups is 1. The van der Waals surface area contributed by atoms with Gasteiger partial charge in [-0.25, -0.2) is 5.84 Å². The van der Waals surface area contributed by atoms with Crippen LogP contribution in [-0.4, -0.2) is 5.91 Å². The van der Waals surface area contributed by atoms with E-state index in [0.29, 0.717) is 23.0 Å². The van der Waals surface area contributed by atoms with Gasteiger partial charge in [0.1, 0.15) is 12.4 Å². The predicted molar refractivity (Wildman–Crippen MR) is 70.3 cm³/mol. The summed E-state index contributed by atoms with van der Waals surface area (Å²) in [7, 11) is 0. The van der Waals surface area contributed by atoms with Crippen LogP contribution < -0.4 is 11.3 Å². The zero-order valence-corrected chi connectivity index (χ0v) is 10.8. The van der Waals surface area contributed by atoms with Crippen LogP contribution in [-0.2, 0) is 18.0 Å². The molecule has 0 aliphatic rings. The highest BCUT2D eigenvalue weighted by Gasteiger charge is 2.13. The summed E-state index contributed by atoms with van der Waals surface area (Å²) in [6.07, 6.45) is 1.42. The fraction of sp³-hybridized carbons (Fsp3) is 0.154. The molecule has 5 nitrogen and oxygen atoms in total. The minimum absolute atomic E-state index is 0.183. The van der Waals surface area contributed by atoms with Gasteiger partial charge in [-0.15, -0.1) is 0 Å². The van der Waals surface area contributed by atoms with Crippen LogP contribution in [0.5, 0.6) is 0 Å². The molecule has 1 amide bonds. The first-order valence-electron chi connectivity index (χ1n) is 5.60. The van der Waals surface area contributed by atoms with Crippen LogP contribution in [0.1, 0.15) is 21.7 Å². The lowest BCUT2D eigenvalue weighted by atomic mass is 10.2. The molecule has 0 radical (unpaired) electrons. The van der Waals surface area contributed by atoms with Gasteiger partial charge in [-0.3, -0.25) is 10.2 Å². The fourth-order valence-electron chi connectivity index (χ4n) is 1.62. The van der Waals surface area contributed by atoms with Crippen molar-refractivity contribution in [3.8, 4) is 0 Å². The smallest absolute Gasteiger partial charge is 0.268 e. The van der Waals surface area contributed by atoms with Gasteiger partial charge < -0.3 is 9.15 Å². The molecule has 0 aliphatic heterocycles. The lowest BCUT2D eigenvalue weighted by molar-refractivity contribution is 0.0870. The molecule has 0 aliphatic carbocycles. The van der Waals surface area contributed by atoms with Gasteiger partial charge >= 0.3 is 0 Å². The second-order valence-electron chi connectivity index (χ2n) is 3.85. The number of carbonyl (C=O) groups excluding carboxylic acids is 1. The molecule has 0 atom stereocenters. The van der Waals surface area contributed by atoms with Crippen LogP contribution in [0.15, 0.2) is 41.0 Å².